The smallest absolute Gasteiger partial charge is 0.237 e. The van der Waals surface area contributed by atoms with Crippen LogP contribution in [0, 0.1) is 0 Å². The number of nitrogens with zero attached hydrogens (tertiary/aromatic N) is 2. The number of ketones is 1. The molecule has 1 aromatic carbocycles. The predicted molar refractivity (Wildman–Crippen MR) is 119 cm³/mol. The van der Waals surface area contributed by atoms with Crippen LogP contribution in [0.15, 0.2) is 35.6 Å². The van der Waals surface area contributed by atoms with Gasteiger partial charge in [0.1, 0.15) is 16.2 Å². The summed E-state index contributed by atoms with van der Waals surface area (Å²) in [5.74, 6) is -0.0952. The molecule has 1 aliphatic rings. The molecular formula is C22H23N3O2S2. The summed E-state index contributed by atoms with van der Waals surface area (Å²) in [5.41, 5.74) is 2.61. The lowest BCUT2D eigenvalue weighted by Gasteiger charge is -2.16. The molecule has 4 rings (SSSR count). The van der Waals surface area contributed by atoms with Crippen molar-refractivity contribution in [1.82, 2.24) is 9.97 Å². The number of carbonyl (C=O) groups is 2. The molecule has 29 heavy (non-hydrogen) atoms. The average molecular weight is 426 g/mol. The molecular weight excluding hydrogens is 402 g/mol. The van der Waals surface area contributed by atoms with Gasteiger partial charge >= 0.3 is 0 Å². The third-order valence-electron chi connectivity index (χ3n) is 5.17. The van der Waals surface area contributed by atoms with Gasteiger partial charge in [0, 0.05) is 21.5 Å². The summed E-state index contributed by atoms with van der Waals surface area (Å²) in [6.45, 7) is 3.53. The molecule has 3 aromatic rings. The monoisotopic (exact) mass is 425 g/mol. The van der Waals surface area contributed by atoms with E-state index in [2.05, 4.69) is 15.3 Å². The Labute approximate surface area is 178 Å². The summed E-state index contributed by atoms with van der Waals surface area (Å²) in [6.07, 6.45) is 6.90. The number of Topliss-reactive ketones (excluding diaryl/α,β-unsaturated/α-hetero) is 1. The van der Waals surface area contributed by atoms with Gasteiger partial charge in [-0.15, -0.1) is 11.3 Å². The standard InChI is InChI=1S/C22H23N3O2S2/c1-3-17(20(27)25-15-8-6-7-14(11-15)13(2)26)28-21-19-16-9-4-5-10-18(16)29-22(19)24-12-23-21/h6-8,11-12,17H,3-5,9-10H2,1-2H3,(H,25,27). The molecule has 1 atom stereocenters. The number of rotatable bonds is 6. The number of thiophene rings is 1. The first-order valence-corrected chi connectivity index (χ1v) is 11.6. The minimum Gasteiger partial charge on any atom is -0.325 e. The highest BCUT2D eigenvalue weighted by Crippen LogP contribution is 2.40. The summed E-state index contributed by atoms with van der Waals surface area (Å²) in [6, 6.07) is 7.06. The van der Waals surface area contributed by atoms with Crippen molar-refractivity contribution in [3.8, 4) is 0 Å². The Kier molecular flexibility index (Phi) is 5.96. The molecule has 0 radical (unpaired) electrons. The number of benzene rings is 1. The zero-order valence-electron chi connectivity index (χ0n) is 16.5. The molecule has 2 heterocycles. The summed E-state index contributed by atoms with van der Waals surface area (Å²) < 4.78 is 0. The maximum Gasteiger partial charge on any atom is 0.237 e. The van der Waals surface area contributed by atoms with Gasteiger partial charge in [-0.3, -0.25) is 9.59 Å². The lowest BCUT2D eigenvalue weighted by molar-refractivity contribution is -0.115. The van der Waals surface area contributed by atoms with Crippen LogP contribution in [0.2, 0.25) is 0 Å². The zero-order valence-corrected chi connectivity index (χ0v) is 18.2. The van der Waals surface area contributed by atoms with E-state index in [1.165, 1.54) is 42.0 Å². The molecule has 0 fully saturated rings. The highest BCUT2D eigenvalue weighted by atomic mass is 32.2. The predicted octanol–water partition coefficient (Wildman–Crippen LogP) is 5.28. The lowest BCUT2D eigenvalue weighted by atomic mass is 9.97. The molecule has 1 N–H and O–H groups in total. The molecule has 7 heteroatoms. The molecule has 0 bridgehead atoms. The van der Waals surface area contributed by atoms with Gasteiger partial charge in [-0.25, -0.2) is 9.97 Å². The molecule has 2 aromatic heterocycles. The normalized spacial score (nSPS) is 14.4. The van der Waals surface area contributed by atoms with E-state index in [-0.39, 0.29) is 16.9 Å². The summed E-state index contributed by atoms with van der Waals surface area (Å²) in [5, 5.41) is 4.73. The minimum atomic E-state index is -0.270. The van der Waals surface area contributed by atoms with Crippen molar-refractivity contribution in [2.24, 2.45) is 0 Å². The molecule has 1 aliphatic carbocycles. The summed E-state index contributed by atoms with van der Waals surface area (Å²) in [4.78, 5) is 36.0. The van der Waals surface area contributed by atoms with Gasteiger partial charge in [-0.2, -0.15) is 0 Å². The number of nitrogens with one attached hydrogen (secondary N) is 1. The molecule has 1 amide bonds. The van der Waals surface area contributed by atoms with E-state index >= 15 is 0 Å². The Morgan fingerprint density at radius 3 is 2.86 bits per heavy atom. The van der Waals surface area contributed by atoms with Gasteiger partial charge in [0.25, 0.3) is 0 Å². The average Bonchev–Trinajstić information content (AvgIpc) is 3.11. The summed E-state index contributed by atoms with van der Waals surface area (Å²) in [7, 11) is 0. The number of hydrogen-bond acceptors (Lipinski definition) is 6. The third kappa shape index (κ3) is 4.21. The minimum absolute atomic E-state index is 0.0203. The Balaban J connectivity index is 1.58. The van der Waals surface area contributed by atoms with Crippen LogP contribution in [0.25, 0.3) is 10.2 Å². The number of carbonyl (C=O) groups excluding carboxylic acids is 2. The number of anilines is 1. The number of thioether (sulfide) groups is 1. The Hall–Kier alpha value is -2.25. The second-order valence-electron chi connectivity index (χ2n) is 7.21. The van der Waals surface area contributed by atoms with Crippen LogP contribution in [0.3, 0.4) is 0 Å². The van der Waals surface area contributed by atoms with Gasteiger partial charge < -0.3 is 5.32 Å². The lowest BCUT2D eigenvalue weighted by Crippen LogP contribution is -2.24. The number of aromatic nitrogens is 2. The Morgan fingerprint density at radius 1 is 1.24 bits per heavy atom. The molecule has 0 aliphatic heterocycles. The van der Waals surface area contributed by atoms with Crippen LogP contribution in [0.4, 0.5) is 5.69 Å². The largest absolute Gasteiger partial charge is 0.325 e. The first kappa shape index (κ1) is 20.0. The van der Waals surface area contributed by atoms with E-state index in [1.807, 2.05) is 6.92 Å². The van der Waals surface area contributed by atoms with Crippen LogP contribution in [0.5, 0.6) is 0 Å². The quantitative estimate of drug-likeness (QED) is 0.330. The topological polar surface area (TPSA) is 72.0 Å². The van der Waals surface area contributed by atoms with E-state index in [4.69, 9.17) is 0 Å². The van der Waals surface area contributed by atoms with Crippen molar-refractivity contribution in [3.63, 3.8) is 0 Å². The van der Waals surface area contributed by atoms with Crippen LogP contribution in [0.1, 0.15) is 53.9 Å². The van der Waals surface area contributed by atoms with Gasteiger partial charge in [-0.1, -0.05) is 30.8 Å². The first-order valence-electron chi connectivity index (χ1n) is 9.90. The fourth-order valence-corrected chi connectivity index (χ4v) is 5.99. The molecule has 5 nitrogen and oxygen atoms in total. The number of hydrogen-bond donors (Lipinski definition) is 1. The van der Waals surface area contributed by atoms with Gasteiger partial charge in [0.15, 0.2) is 5.78 Å². The highest BCUT2D eigenvalue weighted by Gasteiger charge is 2.24. The molecule has 1 unspecified atom stereocenters. The van der Waals surface area contributed by atoms with Crippen molar-refractivity contribution < 1.29 is 9.59 Å². The maximum absolute atomic E-state index is 12.9. The van der Waals surface area contributed by atoms with Gasteiger partial charge in [0.2, 0.25) is 5.91 Å². The fraction of sp³-hybridized carbons (Fsp3) is 0.364. The van der Waals surface area contributed by atoms with Crippen LogP contribution in [-0.2, 0) is 17.6 Å². The molecule has 0 saturated heterocycles. The Morgan fingerprint density at radius 2 is 2.07 bits per heavy atom. The van der Waals surface area contributed by atoms with Crippen molar-refractivity contribution >= 4 is 50.7 Å². The van der Waals surface area contributed by atoms with E-state index in [9.17, 15) is 9.59 Å². The summed E-state index contributed by atoms with van der Waals surface area (Å²) >= 11 is 3.28. The van der Waals surface area contributed by atoms with E-state index < -0.39 is 0 Å². The maximum atomic E-state index is 12.9. The van der Waals surface area contributed by atoms with E-state index in [0.717, 1.165) is 28.1 Å². The van der Waals surface area contributed by atoms with E-state index in [1.54, 1.807) is 41.9 Å². The van der Waals surface area contributed by atoms with Crippen molar-refractivity contribution in [1.29, 1.82) is 0 Å². The number of aryl methyl sites for hydroxylation is 2. The van der Waals surface area contributed by atoms with Crippen LogP contribution in [-0.4, -0.2) is 26.9 Å². The van der Waals surface area contributed by atoms with Crippen molar-refractivity contribution in [2.45, 2.75) is 56.2 Å². The molecule has 0 saturated carbocycles. The van der Waals surface area contributed by atoms with Crippen molar-refractivity contribution in [2.75, 3.05) is 5.32 Å². The second kappa shape index (κ2) is 8.63. The van der Waals surface area contributed by atoms with Crippen LogP contribution >= 0.6 is 23.1 Å². The second-order valence-corrected chi connectivity index (χ2v) is 9.49. The van der Waals surface area contributed by atoms with Crippen LogP contribution < -0.4 is 5.32 Å². The van der Waals surface area contributed by atoms with Gasteiger partial charge in [-0.05, 0) is 56.7 Å². The fourth-order valence-electron chi connectivity index (χ4n) is 3.65. The third-order valence-corrected chi connectivity index (χ3v) is 7.73. The highest BCUT2D eigenvalue weighted by molar-refractivity contribution is 8.00. The Bertz CT molecular complexity index is 1080. The van der Waals surface area contributed by atoms with Gasteiger partial charge in [0.05, 0.1) is 5.25 Å². The SMILES string of the molecule is CCC(Sc1ncnc2sc3c(c12)CCCC3)C(=O)Nc1cccc(C(C)=O)c1. The molecule has 0 spiro atoms. The number of fused-ring (bicyclic) bond motifs is 3. The zero-order chi connectivity index (χ0) is 20.4. The first-order chi connectivity index (χ1) is 14.1. The van der Waals surface area contributed by atoms with Crippen molar-refractivity contribution in [3.05, 3.63) is 46.6 Å². The van der Waals surface area contributed by atoms with E-state index in [0.29, 0.717) is 17.7 Å². The molecule has 150 valence electrons. The number of amides is 1.